The molecule has 0 N–H and O–H groups in total. The molecule has 0 saturated carbocycles. The highest BCUT2D eigenvalue weighted by molar-refractivity contribution is 5.77. The lowest BCUT2D eigenvalue weighted by Gasteiger charge is -2.36. The van der Waals surface area contributed by atoms with Crippen molar-refractivity contribution in [2.24, 2.45) is 5.92 Å². The number of aromatic nitrogens is 3. The highest BCUT2D eigenvalue weighted by Gasteiger charge is 2.40. The van der Waals surface area contributed by atoms with Crippen LogP contribution in [0.25, 0.3) is 11.0 Å². The van der Waals surface area contributed by atoms with Gasteiger partial charge in [-0.3, -0.25) is 0 Å². The molecule has 0 radical (unpaired) electrons. The third kappa shape index (κ3) is 4.52. The number of carbonyl (C=O) groups excluding carboxylic acids is 1. The molecule has 0 fully saturated rings. The molecule has 2 atom stereocenters. The van der Waals surface area contributed by atoms with Crippen molar-refractivity contribution in [1.82, 2.24) is 15.0 Å². The van der Waals surface area contributed by atoms with E-state index >= 15 is 0 Å². The van der Waals surface area contributed by atoms with E-state index in [1.54, 1.807) is 0 Å². The molecule has 2 rings (SSSR count). The van der Waals surface area contributed by atoms with Gasteiger partial charge in [0.15, 0.2) is 0 Å². The van der Waals surface area contributed by atoms with Crippen molar-refractivity contribution >= 4 is 17.3 Å². The van der Waals surface area contributed by atoms with E-state index in [1.807, 2.05) is 28.9 Å². The van der Waals surface area contributed by atoms with Crippen LogP contribution in [0.3, 0.4) is 0 Å². The Labute approximate surface area is 158 Å². The molecule has 2 unspecified atom stereocenters. The van der Waals surface area contributed by atoms with Gasteiger partial charge in [0, 0.05) is 0 Å². The molecular formula is C22H35N3O. The molecule has 0 amide bonds. The molecule has 0 bridgehead atoms. The molecule has 4 nitrogen and oxygen atoms in total. The van der Waals surface area contributed by atoms with Gasteiger partial charge < -0.3 is 4.79 Å². The molecular weight excluding hydrogens is 322 g/mol. The van der Waals surface area contributed by atoms with E-state index < -0.39 is 5.54 Å². The number of carbonyl (C=O) groups is 1. The first-order valence-electron chi connectivity index (χ1n) is 10.5. The summed E-state index contributed by atoms with van der Waals surface area (Å²) < 4.78 is 1.92. The summed E-state index contributed by atoms with van der Waals surface area (Å²) >= 11 is 0. The fraction of sp³-hybridized carbons (Fsp3) is 0.682. The number of hydrogen-bond donors (Lipinski definition) is 0. The monoisotopic (exact) mass is 357 g/mol. The summed E-state index contributed by atoms with van der Waals surface area (Å²) in [5.74, 6) is 0.302. The molecule has 144 valence electrons. The summed E-state index contributed by atoms with van der Waals surface area (Å²) in [5, 5.41) is 8.75. The standard InChI is InChI=1S/C22H35N3O/c1-4-7-8-9-10-11-14-19(6-3)22(18-26,17-5-2)25-21-16-13-12-15-20(21)23-24-25/h12-13,15-16,18-19H,4-11,14,17H2,1-3H3. The summed E-state index contributed by atoms with van der Waals surface area (Å²) in [5.41, 5.74) is 1.25. The molecule has 1 aromatic carbocycles. The topological polar surface area (TPSA) is 47.8 Å². The summed E-state index contributed by atoms with van der Waals surface area (Å²) in [4.78, 5) is 12.4. The van der Waals surface area contributed by atoms with E-state index in [0.717, 1.165) is 43.0 Å². The first-order valence-corrected chi connectivity index (χ1v) is 10.5. The number of rotatable bonds is 13. The van der Waals surface area contributed by atoms with Gasteiger partial charge in [-0.1, -0.05) is 89.5 Å². The minimum atomic E-state index is -0.580. The van der Waals surface area contributed by atoms with Crippen molar-refractivity contribution in [3.8, 4) is 0 Å². The van der Waals surface area contributed by atoms with Gasteiger partial charge in [-0.2, -0.15) is 0 Å². The maximum absolute atomic E-state index is 12.4. The van der Waals surface area contributed by atoms with Crippen LogP contribution in [0.15, 0.2) is 24.3 Å². The Morgan fingerprint density at radius 1 is 1.04 bits per heavy atom. The highest BCUT2D eigenvalue weighted by atomic mass is 16.1. The van der Waals surface area contributed by atoms with Gasteiger partial charge >= 0.3 is 0 Å². The van der Waals surface area contributed by atoms with Crippen molar-refractivity contribution in [1.29, 1.82) is 0 Å². The summed E-state index contributed by atoms with van der Waals surface area (Å²) in [6, 6.07) is 7.96. The number of unbranched alkanes of at least 4 members (excludes halogenated alkanes) is 5. The Balaban J connectivity index is 2.22. The molecule has 2 aromatic rings. The van der Waals surface area contributed by atoms with E-state index in [4.69, 9.17) is 0 Å². The Morgan fingerprint density at radius 2 is 1.77 bits per heavy atom. The molecule has 0 aliphatic rings. The molecule has 1 aromatic heterocycles. The first kappa shape index (κ1) is 20.6. The smallest absolute Gasteiger partial charge is 0.148 e. The molecule has 26 heavy (non-hydrogen) atoms. The van der Waals surface area contributed by atoms with E-state index in [9.17, 15) is 4.79 Å². The lowest BCUT2D eigenvalue weighted by Crippen LogP contribution is -2.43. The van der Waals surface area contributed by atoms with Crippen LogP contribution in [0, 0.1) is 5.92 Å². The molecule has 0 aliphatic heterocycles. The van der Waals surface area contributed by atoms with Gasteiger partial charge in [0.1, 0.15) is 17.3 Å². The minimum Gasteiger partial charge on any atom is -0.301 e. The van der Waals surface area contributed by atoms with Crippen LogP contribution in [-0.2, 0) is 10.3 Å². The lowest BCUT2D eigenvalue weighted by atomic mass is 9.76. The number of nitrogens with zero attached hydrogens (tertiary/aromatic N) is 3. The van der Waals surface area contributed by atoms with Crippen LogP contribution in [0.2, 0.25) is 0 Å². The van der Waals surface area contributed by atoms with Crippen LogP contribution in [-0.4, -0.2) is 21.3 Å². The predicted octanol–water partition coefficient (Wildman–Crippen LogP) is 5.90. The molecule has 1 heterocycles. The Hall–Kier alpha value is -1.71. The van der Waals surface area contributed by atoms with Gasteiger partial charge in [0.25, 0.3) is 0 Å². The predicted molar refractivity (Wildman–Crippen MR) is 108 cm³/mol. The van der Waals surface area contributed by atoms with Crippen molar-refractivity contribution < 1.29 is 4.79 Å². The van der Waals surface area contributed by atoms with Crippen molar-refractivity contribution in [2.45, 2.75) is 90.5 Å². The fourth-order valence-corrected chi connectivity index (χ4v) is 4.24. The average molecular weight is 358 g/mol. The largest absolute Gasteiger partial charge is 0.301 e. The van der Waals surface area contributed by atoms with E-state index in [0.29, 0.717) is 5.92 Å². The zero-order valence-electron chi connectivity index (χ0n) is 16.8. The molecule has 4 heteroatoms. The zero-order chi connectivity index (χ0) is 18.8. The first-order chi connectivity index (χ1) is 12.7. The second kappa shape index (κ2) is 10.4. The number of aldehydes is 1. The Bertz CT molecular complexity index is 666. The Kier molecular flexibility index (Phi) is 8.27. The van der Waals surface area contributed by atoms with Crippen molar-refractivity contribution in [2.75, 3.05) is 0 Å². The Morgan fingerprint density at radius 3 is 2.46 bits per heavy atom. The van der Waals surface area contributed by atoms with E-state index in [2.05, 4.69) is 31.1 Å². The second-order valence-electron chi connectivity index (χ2n) is 7.51. The summed E-state index contributed by atoms with van der Waals surface area (Å²) in [6.07, 6.45) is 12.7. The van der Waals surface area contributed by atoms with Crippen molar-refractivity contribution in [3.63, 3.8) is 0 Å². The maximum Gasteiger partial charge on any atom is 0.148 e. The van der Waals surface area contributed by atoms with Crippen LogP contribution in [0.1, 0.15) is 85.0 Å². The number of hydrogen-bond acceptors (Lipinski definition) is 3. The third-order valence-electron chi connectivity index (χ3n) is 5.71. The molecule has 0 aliphatic carbocycles. The van der Waals surface area contributed by atoms with Gasteiger partial charge in [-0.15, -0.1) is 5.10 Å². The van der Waals surface area contributed by atoms with Crippen LogP contribution in [0.5, 0.6) is 0 Å². The molecule has 0 saturated heterocycles. The third-order valence-corrected chi connectivity index (χ3v) is 5.71. The molecule has 0 spiro atoms. The number of benzene rings is 1. The average Bonchev–Trinajstić information content (AvgIpc) is 3.11. The van der Waals surface area contributed by atoms with E-state index in [1.165, 1.54) is 38.5 Å². The second-order valence-corrected chi connectivity index (χ2v) is 7.51. The highest BCUT2D eigenvalue weighted by Crippen LogP contribution is 2.37. The summed E-state index contributed by atoms with van der Waals surface area (Å²) in [7, 11) is 0. The number of para-hydroxylation sites is 1. The normalized spacial score (nSPS) is 15.0. The van der Waals surface area contributed by atoms with Crippen LogP contribution < -0.4 is 0 Å². The van der Waals surface area contributed by atoms with Crippen molar-refractivity contribution in [3.05, 3.63) is 24.3 Å². The SMILES string of the molecule is CCCCCCCCC(CC)C(C=O)(CCC)n1nnc2ccccc21. The van der Waals surface area contributed by atoms with Gasteiger partial charge in [-0.25, -0.2) is 4.68 Å². The van der Waals surface area contributed by atoms with E-state index in [-0.39, 0.29) is 0 Å². The van der Waals surface area contributed by atoms with Gasteiger partial charge in [0.2, 0.25) is 0 Å². The summed E-state index contributed by atoms with van der Waals surface area (Å²) in [6.45, 7) is 6.60. The zero-order valence-corrected chi connectivity index (χ0v) is 16.8. The van der Waals surface area contributed by atoms with Gasteiger partial charge in [0.05, 0.1) is 5.52 Å². The lowest BCUT2D eigenvalue weighted by molar-refractivity contribution is -0.119. The fourth-order valence-electron chi connectivity index (χ4n) is 4.24. The number of fused-ring (bicyclic) bond motifs is 1. The van der Waals surface area contributed by atoms with Crippen LogP contribution in [0.4, 0.5) is 0 Å². The van der Waals surface area contributed by atoms with Crippen LogP contribution >= 0.6 is 0 Å². The quantitative estimate of drug-likeness (QED) is 0.331. The maximum atomic E-state index is 12.4. The minimum absolute atomic E-state index is 0.302. The van der Waals surface area contributed by atoms with Gasteiger partial charge in [-0.05, 0) is 30.9 Å².